The predicted molar refractivity (Wildman–Crippen MR) is 121 cm³/mol. The van der Waals surface area contributed by atoms with Crippen LogP contribution in [0.4, 0.5) is 15.8 Å². The van der Waals surface area contributed by atoms with Gasteiger partial charge in [0.2, 0.25) is 0 Å². The molecule has 3 aromatic carbocycles. The lowest BCUT2D eigenvalue weighted by Crippen LogP contribution is -2.33. The number of rotatable bonds is 6. The van der Waals surface area contributed by atoms with Crippen LogP contribution in [0.25, 0.3) is 0 Å². The average molecular weight is 417 g/mol. The van der Waals surface area contributed by atoms with Crippen molar-refractivity contribution in [1.29, 1.82) is 0 Å². The van der Waals surface area contributed by atoms with Gasteiger partial charge in [0.05, 0.1) is 16.9 Å². The molecule has 1 amide bonds. The molecule has 0 bridgehead atoms. The number of para-hydroxylation sites is 1. The zero-order valence-electron chi connectivity index (χ0n) is 17.2. The Bertz CT molecular complexity index is 1080. The number of nitrogens with zero attached hydrogens (tertiary/aromatic N) is 1. The summed E-state index contributed by atoms with van der Waals surface area (Å²) in [6.07, 6.45) is 0.886. The molecular formula is C25H25FN4O. The maximum absolute atomic E-state index is 13.0. The molecule has 3 aromatic rings. The van der Waals surface area contributed by atoms with Crippen molar-refractivity contribution in [1.82, 2.24) is 10.6 Å². The Kier molecular flexibility index (Phi) is 5.30. The van der Waals surface area contributed by atoms with Crippen LogP contribution < -0.4 is 20.9 Å². The van der Waals surface area contributed by atoms with Crippen LogP contribution in [0.15, 0.2) is 66.7 Å². The Morgan fingerprint density at radius 3 is 2.58 bits per heavy atom. The third-order valence-corrected chi connectivity index (χ3v) is 5.94. The molecule has 5 nitrogen and oxygen atoms in total. The van der Waals surface area contributed by atoms with Gasteiger partial charge in [-0.3, -0.25) is 4.79 Å². The second kappa shape index (κ2) is 8.40. The third-order valence-electron chi connectivity index (χ3n) is 5.94. The van der Waals surface area contributed by atoms with Crippen LogP contribution in [0.5, 0.6) is 0 Å². The molecule has 31 heavy (non-hydrogen) atoms. The minimum atomic E-state index is -0.198. The van der Waals surface area contributed by atoms with Gasteiger partial charge in [0, 0.05) is 19.6 Å². The van der Waals surface area contributed by atoms with E-state index in [9.17, 15) is 9.18 Å². The average Bonchev–Trinajstić information content (AvgIpc) is 3.07. The van der Waals surface area contributed by atoms with E-state index < -0.39 is 0 Å². The van der Waals surface area contributed by atoms with Crippen molar-refractivity contribution in [2.45, 2.75) is 19.1 Å². The van der Waals surface area contributed by atoms with Crippen LogP contribution in [-0.4, -0.2) is 25.5 Å². The van der Waals surface area contributed by atoms with Crippen LogP contribution in [0.2, 0.25) is 0 Å². The minimum Gasteiger partial charge on any atom is -0.360 e. The lowest BCUT2D eigenvalue weighted by molar-refractivity contribution is 0.0958. The fraction of sp³-hybridized carbons (Fsp3) is 0.240. The summed E-state index contributed by atoms with van der Waals surface area (Å²) in [5.41, 5.74) is 6.24. The standard InChI is InChI=1S/C25H25FN4O/c26-20-10-6-17(7-11-20)12-13-27-16-18-4-8-19(9-5-18)24-29-22-3-1-2-21-23(22)30(24)15-14-28-25(21)31/h1-11,24,27,29H,12-16H2,(H,28,31). The smallest absolute Gasteiger partial charge is 0.253 e. The first-order chi connectivity index (χ1) is 15.2. The SMILES string of the molecule is O=C1NCCN2c3c(cccc31)NC2c1ccc(CNCCc2ccc(F)cc2)cc1. The summed E-state index contributed by atoms with van der Waals surface area (Å²) in [4.78, 5) is 14.6. The number of carbonyl (C=O) groups excluding carboxylic acids is 1. The van der Waals surface area contributed by atoms with Gasteiger partial charge in [-0.15, -0.1) is 0 Å². The van der Waals surface area contributed by atoms with Crippen molar-refractivity contribution in [2.75, 3.05) is 29.9 Å². The summed E-state index contributed by atoms with van der Waals surface area (Å²) in [7, 11) is 0. The number of halogens is 1. The Hall–Kier alpha value is -3.38. The van der Waals surface area contributed by atoms with E-state index in [2.05, 4.69) is 45.1 Å². The zero-order valence-corrected chi connectivity index (χ0v) is 17.2. The van der Waals surface area contributed by atoms with Crippen LogP contribution >= 0.6 is 0 Å². The quantitative estimate of drug-likeness (QED) is 0.535. The topological polar surface area (TPSA) is 56.4 Å². The Morgan fingerprint density at radius 1 is 1.00 bits per heavy atom. The highest BCUT2D eigenvalue weighted by atomic mass is 19.1. The first-order valence-corrected chi connectivity index (χ1v) is 10.7. The zero-order chi connectivity index (χ0) is 21.2. The van der Waals surface area contributed by atoms with E-state index in [1.807, 2.05) is 30.3 Å². The lowest BCUT2D eigenvalue weighted by Gasteiger charge is -2.26. The van der Waals surface area contributed by atoms with Crippen molar-refractivity contribution in [2.24, 2.45) is 0 Å². The monoisotopic (exact) mass is 416 g/mol. The number of benzene rings is 3. The predicted octanol–water partition coefficient (Wildman–Crippen LogP) is 3.83. The van der Waals surface area contributed by atoms with E-state index in [-0.39, 0.29) is 17.9 Å². The maximum atomic E-state index is 13.0. The highest BCUT2D eigenvalue weighted by Crippen LogP contribution is 2.43. The third kappa shape index (κ3) is 3.99. The van der Waals surface area contributed by atoms with E-state index >= 15 is 0 Å². The van der Waals surface area contributed by atoms with Gasteiger partial charge in [-0.2, -0.15) is 0 Å². The molecule has 0 saturated carbocycles. The number of nitrogens with one attached hydrogen (secondary N) is 3. The molecule has 6 heteroatoms. The number of amides is 1. The lowest BCUT2D eigenvalue weighted by atomic mass is 10.1. The fourth-order valence-electron chi connectivity index (χ4n) is 4.33. The second-order valence-electron chi connectivity index (χ2n) is 7.99. The Labute approximate surface area is 181 Å². The Balaban J connectivity index is 1.22. The van der Waals surface area contributed by atoms with E-state index in [0.29, 0.717) is 6.54 Å². The molecule has 0 spiro atoms. The van der Waals surface area contributed by atoms with E-state index in [4.69, 9.17) is 0 Å². The van der Waals surface area contributed by atoms with Gasteiger partial charge in [-0.25, -0.2) is 4.39 Å². The van der Waals surface area contributed by atoms with E-state index in [1.54, 1.807) is 0 Å². The second-order valence-corrected chi connectivity index (χ2v) is 7.99. The first kappa shape index (κ1) is 19.6. The summed E-state index contributed by atoms with van der Waals surface area (Å²) in [6, 6.07) is 21.1. The molecule has 2 aliphatic heterocycles. The van der Waals surface area contributed by atoms with Crippen molar-refractivity contribution in [3.05, 3.63) is 94.8 Å². The van der Waals surface area contributed by atoms with Gasteiger partial charge in [-0.05, 0) is 53.9 Å². The van der Waals surface area contributed by atoms with E-state index in [1.165, 1.54) is 23.3 Å². The van der Waals surface area contributed by atoms with Gasteiger partial charge < -0.3 is 20.9 Å². The normalized spacial score (nSPS) is 17.0. The molecule has 1 unspecified atom stereocenters. The van der Waals surface area contributed by atoms with Crippen molar-refractivity contribution >= 4 is 17.3 Å². The maximum Gasteiger partial charge on any atom is 0.253 e. The molecule has 0 fully saturated rings. The summed E-state index contributed by atoms with van der Waals surface area (Å²) < 4.78 is 13.0. The van der Waals surface area contributed by atoms with Gasteiger partial charge >= 0.3 is 0 Å². The van der Waals surface area contributed by atoms with Gasteiger partial charge in [0.25, 0.3) is 5.91 Å². The van der Waals surface area contributed by atoms with E-state index in [0.717, 1.165) is 48.6 Å². The van der Waals surface area contributed by atoms with Gasteiger partial charge in [0.1, 0.15) is 12.0 Å². The largest absolute Gasteiger partial charge is 0.360 e. The number of hydrogen-bond acceptors (Lipinski definition) is 4. The summed E-state index contributed by atoms with van der Waals surface area (Å²) in [5.74, 6) is -0.209. The molecule has 1 atom stereocenters. The van der Waals surface area contributed by atoms with Crippen LogP contribution in [-0.2, 0) is 13.0 Å². The minimum absolute atomic E-state index is 0.0103. The molecule has 3 N–H and O–H groups in total. The highest BCUT2D eigenvalue weighted by Gasteiger charge is 2.34. The molecule has 0 saturated heterocycles. The highest BCUT2D eigenvalue weighted by molar-refractivity contribution is 6.04. The molecule has 158 valence electrons. The molecule has 0 radical (unpaired) electrons. The summed E-state index contributed by atoms with van der Waals surface area (Å²) >= 11 is 0. The van der Waals surface area contributed by atoms with Crippen LogP contribution in [0.3, 0.4) is 0 Å². The first-order valence-electron chi connectivity index (χ1n) is 10.7. The van der Waals surface area contributed by atoms with Crippen molar-refractivity contribution in [3.63, 3.8) is 0 Å². The van der Waals surface area contributed by atoms with Crippen molar-refractivity contribution in [3.8, 4) is 0 Å². The summed E-state index contributed by atoms with van der Waals surface area (Å²) in [6.45, 7) is 3.01. The molecule has 5 rings (SSSR count). The molecule has 2 aliphatic rings. The number of hydrogen-bond donors (Lipinski definition) is 3. The molecule has 0 aromatic heterocycles. The van der Waals surface area contributed by atoms with Crippen LogP contribution in [0, 0.1) is 5.82 Å². The fourth-order valence-corrected chi connectivity index (χ4v) is 4.33. The molecule has 2 heterocycles. The Morgan fingerprint density at radius 2 is 1.77 bits per heavy atom. The van der Waals surface area contributed by atoms with Crippen molar-refractivity contribution < 1.29 is 9.18 Å². The number of anilines is 2. The van der Waals surface area contributed by atoms with Gasteiger partial charge in [0.15, 0.2) is 0 Å². The number of carbonyl (C=O) groups is 1. The van der Waals surface area contributed by atoms with Crippen LogP contribution in [0.1, 0.15) is 33.2 Å². The molecule has 0 aliphatic carbocycles. The van der Waals surface area contributed by atoms with Gasteiger partial charge in [-0.1, -0.05) is 42.5 Å². The molecular weight excluding hydrogens is 391 g/mol. The summed E-state index contributed by atoms with van der Waals surface area (Å²) in [5, 5.41) is 10.0.